The molecule has 2 atom stereocenters. The van der Waals surface area contributed by atoms with E-state index in [1.54, 1.807) is 6.08 Å². The maximum atomic E-state index is 12.1. The van der Waals surface area contributed by atoms with Crippen molar-refractivity contribution in [1.29, 1.82) is 0 Å². The molecule has 2 fully saturated rings. The van der Waals surface area contributed by atoms with Crippen molar-refractivity contribution in [3.8, 4) is 0 Å². The van der Waals surface area contributed by atoms with E-state index in [0.717, 1.165) is 43.6 Å². The van der Waals surface area contributed by atoms with Gasteiger partial charge in [0, 0.05) is 26.1 Å². The van der Waals surface area contributed by atoms with Crippen molar-refractivity contribution in [3.05, 3.63) is 12.7 Å². The second kappa shape index (κ2) is 8.99. The van der Waals surface area contributed by atoms with Crippen LogP contribution in [0.1, 0.15) is 38.5 Å². The van der Waals surface area contributed by atoms with Gasteiger partial charge in [0.15, 0.2) is 12.6 Å². The van der Waals surface area contributed by atoms with Gasteiger partial charge < -0.3 is 9.47 Å². The molecule has 2 aliphatic rings. The molecule has 2 amide bonds. The lowest BCUT2D eigenvalue weighted by atomic mass is 10.2. The molecule has 7 nitrogen and oxygen atoms in total. The molecule has 0 bridgehead atoms. The number of urea groups is 1. The highest BCUT2D eigenvalue weighted by atomic mass is 16.8. The Kier molecular flexibility index (Phi) is 6.94. The molecular weight excluding hydrogens is 276 g/mol. The third kappa shape index (κ3) is 5.62. The van der Waals surface area contributed by atoms with E-state index in [0.29, 0.717) is 13.2 Å². The zero-order valence-electron chi connectivity index (χ0n) is 12.3. The summed E-state index contributed by atoms with van der Waals surface area (Å²) in [6.45, 7) is 5.18. The van der Waals surface area contributed by atoms with Crippen LogP contribution in [0.15, 0.2) is 12.7 Å². The van der Waals surface area contributed by atoms with Crippen molar-refractivity contribution < 1.29 is 23.9 Å². The van der Waals surface area contributed by atoms with Crippen LogP contribution in [0.3, 0.4) is 0 Å². The molecule has 2 heterocycles. The Bertz CT molecular complexity index is 327. The van der Waals surface area contributed by atoms with Gasteiger partial charge >= 0.3 is 6.03 Å². The summed E-state index contributed by atoms with van der Waals surface area (Å²) >= 11 is 0. The Morgan fingerprint density at radius 2 is 1.86 bits per heavy atom. The fourth-order valence-electron chi connectivity index (χ4n) is 2.20. The minimum Gasteiger partial charge on any atom is -0.350 e. The van der Waals surface area contributed by atoms with Crippen LogP contribution in [0.5, 0.6) is 0 Å². The van der Waals surface area contributed by atoms with E-state index >= 15 is 0 Å². The van der Waals surface area contributed by atoms with Crippen molar-refractivity contribution in [1.82, 2.24) is 10.5 Å². The number of hydrogen-bond donors (Lipinski definition) is 1. The van der Waals surface area contributed by atoms with Crippen molar-refractivity contribution in [2.24, 2.45) is 0 Å². The Morgan fingerprint density at radius 1 is 1.19 bits per heavy atom. The smallest absolute Gasteiger partial charge is 0.350 e. The summed E-state index contributed by atoms with van der Waals surface area (Å²) in [7, 11) is 0. The Labute approximate surface area is 125 Å². The molecule has 0 spiro atoms. The molecule has 2 unspecified atom stereocenters. The molecule has 2 rings (SSSR count). The summed E-state index contributed by atoms with van der Waals surface area (Å²) in [6, 6.07) is -0.488. The zero-order chi connectivity index (χ0) is 14.9. The SMILES string of the molecule is C=CCN(OC1CCCCO1)C(=O)NOC1CCCCO1. The van der Waals surface area contributed by atoms with Crippen molar-refractivity contribution in [2.75, 3.05) is 19.8 Å². The Hall–Kier alpha value is -1.15. The fourth-order valence-corrected chi connectivity index (χ4v) is 2.20. The molecule has 2 aliphatic heterocycles. The van der Waals surface area contributed by atoms with Gasteiger partial charge in [-0.1, -0.05) is 6.08 Å². The Morgan fingerprint density at radius 3 is 2.43 bits per heavy atom. The van der Waals surface area contributed by atoms with E-state index < -0.39 is 12.3 Å². The number of hydroxylamine groups is 3. The molecule has 1 N–H and O–H groups in total. The number of hydrogen-bond acceptors (Lipinski definition) is 5. The number of amides is 2. The average molecular weight is 300 g/mol. The van der Waals surface area contributed by atoms with Crippen molar-refractivity contribution in [2.45, 2.75) is 51.1 Å². The second-order valence-corrected chi connectivity index (χ2v) is 5.07. The number of carbonyl (C=O) groups excluding carboxylic acids is 1. The molecular formula is C14H24N2O5. The average Bonchev–Trinajstić information content (AvgIpc) is 2.54. The van der Waals surface area contributed by atoms with Crippen LogP contribution in [0.4, 0.5) is 4.79 Å². The van der Waals surface area contributed by atoms with E-state index in [1.165, 1.54) is 0 Å². The van der Waals surface area contributed by atoms with Gasteiger partial charge in [0.2, 0.25) is 0 Å². The highest BCUT2D eigenvalue weighted by Gasteiger charge is 2.23. The van der Waals surface area contributed by atoms with Gasteiger partial charge in [-0.25, -0.2) is 19.9 Å². The van der Waals surface area contributed by atoms with E-state index in [-0.39, 0.29) is 12.8 Å². The van der Waals surface area contributed by atoms with Crippen LogP contribution < -0.4 is 5.48 Å². The fraction of sp³-hybridized carbons (Fsp3) is 0.786. The summed E-state index contributed by atoms with van der Waals surface area (Å²) in [5.41, 5.74) is 2.36. The van der Waals surface area contributed by atoms with Gasteiger partial charge in [-0.3, -0.25) is 0 Å². The highest BCUT2D eigenvalue weighted by Crippen LogP contribution is 2.16. The summed E-state index contributed by atoms with van der Waals surface area (Å²) in [5, 5.41) is 1.16. The molecule has 120 valence electrons. The molecule has 0 aromatic rings. The lowest BCUT2D eigenvalue weighted by Crippen LogP contribution is -2.45. The van der Waals surface area contributed by atoms with E-state index in [9.17, 15) is 4.79 Å². The molecule has 0 radical (unpaired) electrons. The van der Waals surface area contributed by atoms with Gasteiger partial charge in [-0.2, -0.15) is 5.06 Å². The minimum atomic E-state index is -0.488. The predicted molar refractivity (Wildman–Crippen MR) is 74.8 cm³/mol. The predicted octanol–water partition coefficient (Wildman–Crippen LogP) is 2.10. The van der Waals surface area contributed by atoms with Crippen molar-refractivity contribution in [3.63, 3.8) is 0 Å². The number of nitrogens with zero attached hydrogens (tertiary/aromatic N) is 1. The van der Waals surface area contributed by atoms with Gasteiger partial charge in [-0.15, -0.1) is 6.58 Å². The summed E-state index contributed by atoms with van der Waals surface area (Å²) in [4.78, 5) is 22.8. The van der Waals surface area contributed by atoms with Gasteiger partial charge in [0.1, 0.15) is 0 Å². The first-order valence-corrected chi connectivity index (χ1v) is 7.53. The third-order valence-corrected chi connectivity index (χ3v) is 3.32. The maximum absolute atomic E-state index is 12.1. The number of rotatable bonds is 6. The molecule has 0 aromatic heterocycles. The molecule has 21 heavy (non-hydrogen) atoms. The lowest BCUT2D eigenvalue weighted by molar-refractivity contribution is -0.269. The standard InChI is InChI=1S/C14H24N2O5/c1-2-9-16(21-13-8-4-6-11-19-13)14(17)15-20-12-7-3-5-10-18-12/h2,12-13H,1,3-11H2,(H,15,17). The molecule has 0 saturated carbocycles. The quantitative estimate of drug-likeness (QED) is 0.601. The van der Waals surface area contributed by atoms with E-state index in [2.05, 4.69) is 12.1 Å². The van der Waals surface area contributed by atoms with Crippen LogP contribution in [0.2, 0.25) is 0 Å². The van der Waals surface area contributed by atoms with Crippen LogP contribution in [0.25, 0.3) is 0 Å². The number of ether oxygens (including phenoxy) is 2. The zero-order valence-corrected chi connectivity index (χ0v) is 12.3. The number of nitrogens with one attached hydrogen (secondary N) is 1. The van der Waals surface area contributed by atoms with Gasteiger partial charge in [-0.05, 0) is 25.7 Å². The molecule has 2 saturated heterocycles. The monoisotopic (exact) mass is 300 g/mol. The summed E-state index contributed by atoms with van der Waals surface area (Å²) < 4.78 is 10.8. The van der Waals surface area contributed by atoms with Crippen LogP contribution in [-0.4, -0.2) is 43.4 Å². The van der Waals surface area contributed by atoms with Crippen LogP contribution >= 0.6 is 0 Å². The van der Waals surface area contributed by atoms with Gasteiger partial charge in [0.05, 0.1) is 6.54 Å². The first-order valence-electron chi connectivity index (χ1n) is 7.53. The van der Waals surface area contributed by atoms with Crippen LogP contribution in [0, 0.1) is 0 Å². The van der Waals surface area contributed by atoms with Crippen molar-refractivity contribution >= 4 is 6.03 Å². The van der Waals surface area contributed by atoms with Crippen LogP contribution in [-0.2, 0) is 19.1 Å². The van der Waals surface area contributed by atoms with E-state index in [1.807, 2.05) is 0 Å². The molecule has 0 aliphatic carbocycles. The highest BCUT2D eigenvalue weighted by molar-refractivity contribution is 5.72. The summed E-state index contributed by atoms with van der Waals surface area (Å²) in [5.74, 6) is 0. The largest absolute Gasteiger partial charge is 0.365 e. The molecule has 7 heteroatoms. The van der Waals surface area contributed by atoms with Gasteiger partial charge in [0.25, 0.3) is 0 Å². The normalized spacial score (nSPS) is 26.1. The molecule has 0 aromatic carbocycles. The number of carbonyl (C=O) groups is 1. The lowest BCUT2D eigenvalue weighted by Gasteiger charge is -2.29. The second-order valence-electron chi connectivity index (χ2n) is 5.07. The maximum Gasteiger partial charge on any atom is 0.365 e. The topological polar surface area (TPSA) is 69.3 Å². The summed E-state index contributed by atoms with van der Waals surface area (Å²) in [6.07, 6.45) is 6.45. The first kappa shape index (κ1) is 16.2. The van der Waals surface area contributed by atoms with E-state index in [4.69, 9.17) is 19.1 Å². The first-order chi connectivity index (χ1) is 10.3. The Balaban J connectivity index is 1.75. The third-order valence-electron chi connectivity index (χ3n) is 3.32. The minimum absolute atomic E-state index is 0.251.